The number of hydrogen-bond acceptors (Lipinski definition) is 3. The predicted octanol–water partition coefficient (Wildman–Crippen LogP) is 0.787. The van der Waals surface area contributed by atoms with E-state index in [1.54, 1.807) is 0 Å². The molecule has 2 rings (SSSR count). The highest BCUT2D eigenvalue weighted by molar-refractivity contribution is 5.21. The topological polar surface area (TPSA) is 32.7 Å². The van der Waals surface area contributed by atoms with E-state index in [4.69, 9.17) is 4.74 Å². The molecule has 2 aliphatic heterocycles. The lowest BCUT2D eigenvalue weighted by molar-refractivity contribution is -0.156. The van der Waals surface area contributed by atoms with Crippen molar-refractivity contribution in [1.29, 1.82) is 0 Å². The lowest BCUT2D eigenvalue weighted by atomic mass is 9.90. The van der Waals surface area contributed by atoms with Crippen LogP contribution in [0, 0.1) is 0 Å². The van der Waals surface area contributed by atoms with Gasteiger partial charge in [0.2, 0.25) is 0 Å². The van der Waals surface area contributed by atoms with E-state index in [1.165, 1.54) is 0 Å². The quantitative estimate of drug-likeness (QED) is 0.664. The van der Waals surface area contributed by atoms with Gasteiger partial charge in [0.05, 0.1) is 11.7 Å². The van der Waals surface area contributed by atoms with Gasteiger partial charge in [0.1, 0.15) is 5.60 Å². The molecule has 3 nitrogen and oxygen atoms in total. The summed E-state index contributed by atoms with van der Waals surface area (Å²) in [5.41, 5.74) is -0.496. The molecule has 3 heteroatoms. The highest BCUT2D eigenvalue weighted by Gasteiger charge is 2.48. The highest BCUT2D eigenvalue weighted by Crippen LogP contribution is 2.43. The molecule has 0 aromatic heterocycles. The van der Waals surface area contributed by atoms with Crippen molar-refractivity contribution in [2.24, 2.45) is 0 Å². The van der Waals surface area contributed by atoms with Crippen molar-refractivity contribution in [3.8, 4) is 0 Å². The minimum absolute atomic E-state index is 0.233. The minimum atomic E-state index is -0.254. The molecule has 14 heavy (non-hydrogen) atoms. The molecule has 0 aliphatic carbocycles. The molecule has 2 aliphatic rings. The number of ether oxygens (including phenoxy) is 1. The van der Waals surface area contributed by atoms with Crippen molar-refractivity contribution in [1.82, 2.24) is 4.90 Å². The van der Waals surface area contributed by atoms with Gasteiger partial charge in [-0.3, -0.25) is 0 Å². The normalized spacial score (nSPS) is 46.2. The van der Waals surface area contributed by atoms with Crippen molar-refractivity contribution < 1.29 is 9.84 Å². The Morgan fingerprint density at radius 2 is 2.14 bits per heavy atom. The van der Waals surface area contributed by atoms with Gasteiger partial charge in [-0.05, 0) is 21.0 Å². The van der Waals surface area contributed by atoms with Crippen LogP contribution >= 0.6 is 0 Å². The molecule has 0 unspecified atom stereocenters. The Morgan fingerprint density at radius 1 is 1.43 bits per heavy atom. The third kappa shape index (κ3) is 1.72. The number of nitrogens with zero attached hydrogens (tertiary/aromatic N) is 1. The van der Waals surface area contributed by atoms with E-state index in [1.807, 2.05) is 21.0 Å². The fourth-order valence-electron chi connectivity index (χ4n) is 2.70. The lowest BCUT2D eigenvalue weighted by Gasteiger charge is -2.42. The number of aliphatic hydroxyl groups is 1. The van der Waals surface area contributed by atoms with Gasteiger partial charge in [-0.15, -0.1) is 0 Å². The molecule has 0 spiro atoms. The van der Waals surface area contributed by atoms with Crippen molar-refractivity contribution in [3.63, 3.8) is 0 Å². The molecular weight excluding hydrogens is 178 g/mol. The van der Waals surface area contributed by atoms with E-state index >= 15 is 0 Å². The molecule has 0 aromatic carbocycles. The lowest BCUT2D eigenvalue weighted by Crippen LogP contribution is -2.50. The SMILES string of the molecule is CN(C)C[C@@]12C=C[C@@](C)(C[C@H](O)C1)O2. The number of fused-ring (bicyclic) bond motifs is 2. The van der Waals surface area contributed by atoms with Crippen LogP contribution in [0.4, 0.5) is 0 Å². The number of hydrogen-bond donors (Lipinski definition) is 1. The van der Waals surface area contributed by atoms with Gasteiger partial charge >= 0.3 is 0 Å². The molecule has 0 aromatic rings. The predicted molar refractivity (Wildman–Crippen MR) is 55.2 cm³/mol. The zero-order valence-electron chi connectivity index (χ0n) is 9.16. The third-order valence-corrected chi connectivity index (χ3v) is 2.98. The number of aliphatic hydroxyl groups excluding tert-OH is 1. The van der Waals surface area contributed by atoms with Crippen LogP contribution in [0.1, 0.15) is 19.8 Å². The van der Waals surface area contributed by atoms with Crippen molar-refractivity contribution in [2.75, 3.05) is 20.6 Å². The van der Waals surface area contributed by atoms with Gasteiger partial charge < -0.3 is 14.7 Å². The first-order valence-electron chi connectivity index (χ1n) is 5.16. The summed E-state index contributed by atoms with van der Waals surface area (Å²) in [7, 11) is 4.06. The van der Waals surface area contributed by atoms with E-state index in [-0.39, 0.29) is 17.3 Å². The van der Waals surface area contributed by atoms with E-state index in [0.29, 0.717) is 0 Å². The molecule has 1 fully saturated rings. The van der Waals surface area contributed by atoms with Crippen LogP contribution in [0.2, 0.25) is 0 Å². The smallest absolute Gasteiger partial charge is 0.103 e. The second-order valence-electron chi connectivity index (χ2n) is 5.11. The van der Waals surface area contributed by atoms with Crippen LogP contribution in [-0.2, 0) is 4.74 Å². The van der Waals surface area contributed by atoms with Gasteiger partial charge in [-0.25, -0.2) is 0 Å². The molecule has 3 atom stereocenters. The minimum Gasteiger partial charge on any atom is -0.393 e. The van der Waals surface area contributed by atoms with E-state index in [2.05, 4.69) is 17.1 Å². The molecule has 2 heterocycles. The monoisotopic (exact) mass is 197 g/mol. The largest absolute Gasteiger partial charge is 0.393 e. The average molecular weight is 197 g/mol. The summed E-state index contributed by atoms with van der Waals surface area (Å²) in [4.78, 5) is 2.11. The van der Waals surface area contributed by atoms with Gasteiger partial charge in [0.15, 0.2) is 0 Å². The summed E-state index contributed by atoms with van der Waals surface area (Å²) in [5, 5.41) is 9.79. The Hall–Kier alpha value is -0.380. The number of rotatable bonds is 2. The standard InChI is InChI=1S/C11H19NO2/c1-10-4-5-11(14-10,8-12(2)3)7-9(13)6-10/h4-5,9,13H,6-8H2,1-3H3/t9-,10-,11+/m0/s1. The first-order valence-corrected chi connectivity index (χ1v) is 5.16. The average Bonchev–Trinajstić information content (AvgIpc) is 2.19. The molecular formula is C11H19NO2. The maximum absolute atomic E-state index is 9.79. The van der Waals surface area contributed by atoms with Gasteiger partial charge in [0, 0.05) is 19.4 Å². The van der Waals surface area contributed by atoms with Crippen molar-refractivity contribution >= 4 is 0 Å². The van der Waals surface area contributed by atoms with Crippen LogP contribution in [0.5, 0.6) is 0 Å². The van der Waals surface area contributed by atoms with Crippen LogP contribution in [0.25, 0.3) is 0 Å². The summed E-state index contributed by atoms with van der Waals surface area (Å²) in [5.74, 6) is 0. The Morgan fingerprint density at radius 3 is 2.79 bits per heavy atom. The molecule has 1 saturated heterocycles. The Labute approximate surface area is 85.4 Å². The van der Waals surface area contributed by atoms with Crippen molar-refractivity contribution in [2.45, 2.75) is 37.1 Å². The van der Waals surface area contributed by atoms with Gasteiger partial charge in [0.25, 0.3) is 0 Å². The van der Waals surface area contributed by atoms with Gasteiger partial charge in [-0.1, -0.05) is 12.2 Å². The maximum Gasteiger partial charge on any atom is 0.103 e. The summed E-state index contributed by atoms with van der Waals surface area (Å²) < 4.78 is 6.04. The molecule has 0 saturated carbocycles. The Balaban J connectivity index is 2.17. The van der Waals surface area contributed by atoms with Crippen LogP contribution in [0.3, 0.4) is 0 Å². The summed E-state index contributed by atoms with van der Waals surface area (Å²) in [6, 6.07) is 0. The van der Waals surface area contributed by atoms with E-state index < -0.39 is 0 Å². The Bertz CT molecular complexity index is 260. The van der Waals surface area contributed by atoms with Crippen LogP contribution in [-0.4, -0.2) is 48.0 Å². The van der Waals surface area contributed by atoms with Gasteiger partial charge in [-0.2, -0.15) is 0 Å². The molecule has 2 bridgehead atoms. The molecule has 0 amide bonds. The van der Waals surface area contributed by atoms with Crippen LogP contribution in [0.15, 0.2) is 12.2 Å². The van der Waals surface area contributed by atoms with Crippen LogP contribution < -0.4 is 0 Å². The first-order chi connectivity index (χ1) is 6.43. The maximum atomic E-state index is 9.79. The molecule has 0 radical (unpaired) electrons. The fraction of sp³-hybridized carbons (Fsp3) is 0.818. The highest BCUT2D eigenvalue weighted by atomic mass is 16.5. The summed E-state index contributed by atoms with van der Waals surface area (Å²) in [6.07, 6.45) is 5.44. The summed E-state index contributed by atoms with van der Waals surface area (Å²) in [6.45, 7) is 2.89. The summed E-state index contributed by atoms with van der Waals surface area (Å²) >= 11 is 0. The third-order valence-electron chi connectivity index (χ3n) is 2.98. The zero-order valence-corrected chi connectivity index (χ0v) is 9.16. The molecule has 1 N–H and O–H groups in total. The van der Waals surface area contributed by atoms with E-state index in [9.17, 15) is 5.11 Å². The second-order valence-corrected chi connectivity index (χ2v) is 5.11. The molecule has 80 valence electrons. The second kappa shape index (κ2) is 3.05. The Kier molecular flexibility index (Phi) is 2.21. The zero-order chi connectivity index (χ0) is 10.4. The van der Waals surface area contributed by atoms with Crippen molar-refractivity contribution in [3.05, 3.63) is 12.2 Å². The number of likely N-dealkylation sites (N-methyl/N-ethyl adjacent to an activating group) is 1. The van der Waals surface area contributed by atoms with E-state index in [0.717, 1.165) is 19.4 Å². The first kappa shape index (κ1) is 10.1. The fourth-order valence-corrected chi connectivity index (χ4v) is 2.70.